The van der Waals surface area contributed by atoms with E-state index in [9.17, 15) is 4.79 Å². The summed E-state index contributed by atoms with van der Waals surface area (Å²) in [6.45, 7) is 3.45. The van der Waals surface area contributed by atoms with Gasteiger partial charge in [0.1, 0.15) is 0 Å². The van der Waals surface area contributed by atoms with Gasteiger partial charge in [-0.05, 0) is 38.3 Å². The third-order valence-corrected chi connectivity index (χ3v) is 3.69. The molecular formula is C15H21ClN2O3. The van der Waals surface area contributed by atoms with Crippen molar-refractivity contribution in [2.75, 3.05) is 30.8 Å². The van der Waals surface area contributed by atoms with Crippen LogP contribution in [0, 0.1) is 0 Å². The van der Waals surface area contributed by atoms with Crippen LogP contribution in [0.1, 0.15) is 36.5 Å². The Morgan fingerprint density at radius 2 is 2.33 bits per heavy atom. The van der Waals surface area contributed by atoms with E-state index >= 15 is 0 Å². The highest BCUT2D eigenvalue weighted by molar-refractivity contribution is 6.34. The van der Waals surface area contributed by atoms with Crippen LogP contribution in [-0.4, -0.2) is 31.8 Å². The second-order valence-electron chi connectivity index (χ2n) is 5.02. The van der Waals surface area contributed by atoms with E-state index in [-0.39, 0.29) is 6.10 Å². The number of anilines is 2. The molecule has 1 atom stereocenters. The first-order valence-electron chi connectivity index (χ1n) is 7.23. The van der Waals surface area contributed by atoms with Crippen molar-refractivity contribution in [3.8, 4) is 0 Å². The number of nitrogen functional groups attached to an aromatic ring is 1. The van der Waals surface area contributed by atoms with E-state index in [0.29, 0.717) is 35.1 Å². The highest BCUT2D eigenvalue weighted by Gasteiger charge is 2.19. The molecule has 0 amide bonds. The van der Waals surface area contributed by atoms with E-state index < -0.39 is 5.97 Å². The Morgan fingerprint density at radius 1 is 1.52 bits per heavy atom. The van der Waals surface area contributed by atoms with E-state index in [0.717, 1.165) is 25.9 Å². The summed E-state index contributed by atoms with van der Waals surface area (Å²) in [5.41, 5.74) is 7.10. The van der Waals surface area contributed by atoms with E-state index in [1.165, 1.54) is 0 Å². The molecule has 3 N–H and O–H groups in total. The maximum absolute atomic E-state index is 12.0. The molecule has 2 rings (SSSR count). The Kier molecular flexibility index (Phi) is 5.70. The molecule has 1 aliphatic rings. The van der Waals surface area contributed by atoms with Gasteiger partial charge in [-0.3, -0.25) is 0 Å². The van der Waals surface area contributed by atoms with Gasteiger partial charge >= 0.3 is 5.97 Å². The van der Waals surface area contributed by atoms with Crippen molar-refractivity contribution in [3.63, 3.8) is 0 Å². The van der Waals surface area contributed by atoms with E-state index in [4.69, 9.17) is 26.8 Å². The zero-order valence-electron chi connectivity index (χ0n) is 12.2. The summed E-state index contributed by atoms with van der Waals surface area (Å²) in [6, 6.07) is 3.20. The van der Waals surface area contributed by atoms with Crippen LogP contribution in [0.15, 0.2) is 12.1 Å². The third kappa shape index (κ3) is 4.25. The molecule has 0 saturated carbocycles. The monoisotopic (exact) mass is 312 g/mol. The fourth-order valence-electron chi connectivity index (χ4n) is 2.36. The standard InChI is InChI=1S/C15H21ClN2O3/c1-2-20-15(19)12-7-10(17)8-13(16)14(12)18-9-11-5-3-4-6-21-11/h7-8,11,18H,2-6,9,17H2,1H3. The quantitative estimate of drug-likeness (QED) is 0.645. The minimum absolute atomic E-state index is 0.141. The number of ether oxygens (including phenoxy) is 2. The number of nitrogens with two attached hydrogens (primary N) is 1. The van der Waals surface area contributed by atoms with Gasteiger partial charge in [-0.2, -0.15) is 0 Å². The summed E-state index contributed by atoms with van der Waals surface area (Å²) < 4.78 is 10.7. The van der Waals surface area contributed by atoms with Crippen LogP contribution < -0.4 is 11.1 Å². The van der Waals surface area contributed by atoms with Gasteiger partial charge in [0.25, 0.3) is 0 Å². The second kappa shape index (κ2) is 7.52. The molecule has 1 fully saturated rings. The Labute approximate surface area is 129 Å². The molecule has 0 bridgehead atoms. The SMILES string of the molecule is CCOC(=O)c1cc(N)cc(Cl)c1NCC1CCCCO1. The van der Waals surface area contributed by atoms with E-state index in [1.807, 2.05) is 0 Å². The summed E-state index contributed by atoms with van der Waals surface area (Å²) in [6.07, 6.45) is 3.41. The van der Waals surface area contributed by atoms with Crippen LogP contribution in [-0.2, 0) is 9.47 Å². The fraction of sp³-hybridized carbons (Fsp3) is 0.533. The van der Waals surface area contributed by atoms with Crippen molar-refractivity contribution >= 4 is 28.9 Å². The minimum atomic E-state index is -0.432. The number of carbonyl (C=O) groups is 1. The van der Waals surface area contributed by atoms with Gasteiger partial charge < -0.3 is 20.5 Å². The molecule has 5 nitrogen and oxygen atoms in total. The predicted octanol–water partition coefficient (Wildman–Crippen LogP) is 3.08. The number of hydrogen-bond donors (Lipinski definition) is 2. The molecule has 1 aromatic rings. The average Bonchev–Trinajstić information content (AvgIpc) is 2.47. The highest BCUT2D eigenvalue weighted by atomic mass is 35.5. The first kappa shape index (κ1) is 15.9. The average molecular weight is 313 g/mol. The van der Waals surface area contributed by atoms with Crippen LogP contribution in [0.4, 0.5) is 11.4 Å². The van der Waals surface area contributed by atoms with Gasteiger partial charge in [0.05, 0.1) is 29.0 Å². The second-order valence-corrected chi connectivity index (χ2v) is 5.42. The smallest absolute Gasteiger partial charge is 0.340 e. The number of benzene rings is 1. The molecular weight excluding hydrogens is 292 g/mol. The molecule has 6 heteroatoms. The molecule has 0 spiro atoms. The number of rotatable bonds is 5. The molecule has 1 heterocycles. The number of carbonyl (C=O) groups excluding carboxylic acids is 1. The summed E-state index contributed by atoms with van der Waals surface area (Å²) in [5, 5.41) is 3.62. The molecule has 0 aromatic heterocycles. The Balaban J connectivity index is 2.14. The summed E-state index contributed by atoms with van der Waals surface area (Å²) in [4.78, 5) is 12.0. The minimum Gasteiger partial charge on any atom is -0.462 e. The van der Waals surface area contributed by atoms with Gasteiger partial charge in [0.15, 0.2) is 0 Å². The first-order chi connectivity index (χ1) is 10.1. The maximum atomic E-state index is 12.0. The molecule has 21 heavy (non-hydrogen) atoms. The molecule has 1 aliphatic heterocycles. The molecule has 1 unspecified atom stereocenters. The third-order valence-electron chi connectivity index (χ3n) is 3.39. The van der Waals surface area contributed by atoms with Gasteiger partial charge in [-0.1, -0.05) is 11.6 Å². The fourth-order valence-corrected chi connectivity index (χ4v) is 2.66. The molecule has 1 saturated heterocycles. The predicted molar refractivity (Wildman–Crippen MR) is 83.9 cm³/mol. The van der Waals surface area contributed by atoms with Gasteiger partial charge in [-0.25, -0.2) is 4.79 Å². The van der Waals surface area contributed by atoms with Crippen molar-refractivity contribution in [3.05, 3.63) is 22.7 Å². The highest BCUT2D eigenvalue weighted by Crippen LogP contribution is 2.30. The van der Waals surface area contributed by atoms with Gasteiger partial charge in [0, 0.05) is 18.8 Å². The lowest BCUT2D eigenvalue weighted by atomic mass is 10.1. The largest absolute Gasteiger partial charge is 0.462 e. The lowest BCUT2D eigenvalue weighted by Crippen LogP contribution is -2.27. The van der Waals surface area contributed by atoms with Crippen molar-refractivity contribution < 1.29 is 14.3 Å². The molecule has 0 radical (unpaired) electrons. The summed E-state index contributed by atoms with van der Waals surface area (Å²) in [5.74, 6) is -0.432. The molecule has 0 aliphatic carbocycles. The van der Waals surface area contributed by atoms with Crippen LogP contribution in [0.2, 0.25) is 5.02 Å². The van der Waals surface area contributed by atoms with Gasteiger partial charge in [-0.15, -0.1) is 0 Å². The van der Waals surface area contributed by atoms with E-state index in [1.54, 1.807) is 19.1 Å². The van der Waals surface area contributed by atoms with Crippen LogP contribution in [0.3, 0.4) is 0 Å². The number of halogens is 1. The summed E-state index contributed by atoms with van der Waals surface area (Å²) >= 11 is 6.21. The summed E-state index contributed by atoms with van der Waals surface area (Å²) in [7, 11) is 0. The maximum Gasteiger partial charge on any atom is 0.340 e. The van der Waals surface area contributed by atoms with Crippen LogP contribution in [0.5, 0.6) is 0 Å². The van der Waals surface area contributed by atoms with Gasteiger partial charge in [0.2, 0.25) is 0 Å². The van der Waals surface area contributed by atoms with Crippen LogP contribution >= 0.6 is 11.6 Å². The Bertz CT molecular complexity index is 502. The number of nitrogens with one attached hydrogen (secondary N) is 1. The number of esters is 1. The Hall–Kier alpha value is -1.46. The van der Waals surface area contributed by atoms with Crippen LogP contribution in [0.25, 0.3) is 0 Å². The van der Waals surface area contributed by atoms with E-state index in [2.05, 4.69) is 5.32 Å². The first-order valence-corrected chi connectivity index (χ1v) is 7.61. The Morgan fingerprint density at radius 3 is 3.00 bits per heavy atom. The van der Waals surface area contributed by atoms with Crippen molar-refractivity contribution in [2.24, 2.45) is 0 Å². The van der Waals surface area contributed by atoms with Crippen molar-refractivity contribution in [1.82, 2.24) is 0 Å². The molecule has 116 valence electrons. The zero-order chi connectivity index (χ0) is 15.2. The normalized spacial score (nSPS) is 18.3. The van der Waals surface area contributed by atoms with Crippen molar-refractivity contribution in [2.45, 2.75) is 32.3 Å². The van der Waals surface area contributed by atoms with Crippen molar-refractivity contribution in [1.29, 1.82) is 0 Å². The zero-order valence-corrected chi connectivity index (χ0v) is 12.9. The lowest BCUT2D eigenvalue weighted by molar-refractivity contribution is 0.0247. The number of hydrogen-bond acceptors (Lipinski definition) is 5. The topological polar surface area (TPSA) is 73.6 Å². The molecule has 1 aromatic carbocycles. The lowest BCUT2D eigenvalue weighted by Gasteiger charge is -2.24.